The van der Waals surface area contributed by atoms with Gasteiger partial charge in [0, 0.05) is 18.2 Å². The minimum absolute atomic E-state index is 0. The number of halogens is 1. The lowest BCUT2D eigenvalue weighted by atomic mass is 9.99. The van der Waals surface area contributed by atoms with Crippen LogP contribution in [-0.2, 0) is 10.0 Å². The summed E-state index contributed by atoms with van der Waals surface area (Å²) in [6, 6.07) is 13.5. The Bertz CT molecular complexity index is 851. The molecule has 2 aromatic rings. The second-order valence-electron chi connectivity index (χ2n) is 6.37. The van der Waals surface area contributed by atoms with Gasteiger partial charge in [-0.1, -0.05) is 38.1 Å². The highest BCUT2D eigenvalue weighted by Crippen LogP contribution is 2.17. The summed E-state index contributed by atoms with van der Waals surface area (Å²) >= 11 is 0. The first-order valence-electron chi connectivity index (χ1n) is 8.42. The second-order valence-corrected chi connectivity index (χ2v) is 8.26. The summed E-state index contributed by atoms with van der Waals surface area (Å²) in [5, 5.41) is 2.78. The zero-order chi connectivity index (χ0) is 19.3. The molecule has 148 valence electrons. The first kappa shape index (κ1) is 23.1. The third kappa shape index (κ3) is 6.04. The van der Waals surface area contributed by atoms with Crippen LogP contribution in [0.1, 0.15) is 47.3 Å². The smallest absolute Gasteiger partial charge is 0.251 e. The summed E-state index contributed by atoms with van der Waals surface area (Å²) in [6.45, 7) is 4.54. The molecule has 2 aromatic carbocycles. The van der Waals surface area contributed by atoms with Crippen LogP contribution < -0.4 is 15.8 Å². The van der Waals surface area contributed by atoms with E-state index in [1.165, 1.54) is 36.9 Å². The molecule has 0 aliphatic carbocycles. The molecule has 0 aliphatic rings. The van der Waals surface area contributed by atoms with Crippen molar-refractivity contribution in [1.82, 2.24) is 10.0 Å². The molecule has 0 bridgehead atoms. The molecule has 1 amide bonds. The molecule has 1 atom stereocenters. The van der Waals surface area contributed by atoms with Gasteiger partial charge in [-0.3, -0.25) is 4.79 Å². The van der Waals surface area contributed by atoms with Crippen molar-refractivity contribution in [3.8, 4) is 0 Å². The van der Waals surface area contributed by atoms with Crippen molar-refractivity contribution in [2.24, 2.45) is 5.73 Å². The Morgan fingerprint density at radius 2 is 1.52 bits per heavy atom. The van der Waals surface area contributed by atoms with Gasteiger partial charge in [0.25, 0.3) is 5.91 Å². The van der Waals surface area contributed by atoms with Crippen LogP contribution >= 0.6 is 12.4 Å². The molecule has 0 radical (unpaired) electrons. The summed E-state index contributed by atoms with van der Waals surface area (Å²) in [7, 11) is -2.18. The summed E-state index contributed by atoms with van der Waals surface area (Å²) in [5.41, 5.74) is 8.71. The Kier molecular flexibility index (Phi) is 8.43. The molecule has 0 fully saturated rings. The SMILES string of the molecule is CNS(=O)(=O)c1ccc(C(=O)NCC(N)c2ccc(C(C)C)cc2)cc1.Cl. The van der Waals surface area contributed by atoms with Crippen LogP contribution in [0.4, 0.5) is 0 Å². The van der Waals surface area contributed by atoms with E-state index < -0.39 is 10.0 Å². The Morgan fingerprint density at radius 3 is 2.00 bits per heavy atom. The first-order chi connectivity index (χ1) is 12.2. The minimum Gasteiger partial charge on any atom is -0.350 e. The third-order valence-corrected chi connectivity index (χ3v) is 5.64. The number of nitrogens with two attached hydrogens (primary N) is 1. The van der Waals surface area contributed by atoms with E-state index in [4.69, 9.17) is 5.73 Å². The molecule has 8 heteroatoms. The fourth-order valence-electron chi connectivity index (χ4n) is 2.45. The van der Waals surface area contributed by atoms with Crippen LogP contribution in [0.15, 0.2) is 53.4 Å². The maximum Gasteiger partial charge on any atom is 0.251 e. The largest absolute Gasteiger partial charge is 0.350 e. The molecular formula is C19H26ClN3O3S. The molecule has 2 rings (SSSR count). The van der Waals surface area contributed by atoms with Crippen molar-refractivity contribution in [2.75, 3.05) is 13.6 Å². The van der Waals surface area contributed by atoms with Gasteiger partial charge >= 0.3 is 0 Å². The quantitative estimate of drug-likeness (QED) is 0.651. The molecular weight excluding hydrogens is 386 g/mol. The molecule has 0 aliphatic heterocycles. The third-order valence-electron chi connectivity index (χ3n) is 4.21. The normalized spacial score (nSPS) is 12.3. The van der Waals surface area contributed by atoms with Gasteiger partial charge in [0.2, 0.25) is 10.0 Å². The van der Waals surface area contributed by atoms with Gasteiger partial charge in [-0.25, -0.2) is 13.1 Å². The fourth-order valence-corrected chi connectivity index (χ4v) is 3.18. The number of carbonyl (C=O) groups excluding carboxylic acids is 1. The number of rotatable bonds is 7. The number of amides is 1. The van der Waals surface area contributed by atoms with E-state index in [0.29, 0.717) is 11.5 Å². The van der Waals surface area contributed by atoms with Crippen molar-refractivity contribution in [1.29, 1.82) is 0 Å². The Morgan fingerprint density at radius 1 is 1.00 bits per heavy atom. The van der Waals surface area contributed by atoms with Gasteiger partial charge in [0.15, 0.2) is 0 Å². The average Bonchev–Trinajstić information content (AvgIpc) is 2.66. The van der Waals surface area contributed by atoms with Crippen LogP contribution in [0, 0.1) is 0 Å². The van der Waals surface area contributed by atoms with Crippen LogP contribution in [0.25, 0.3) is 0 Å². The van der Waals surface area contributed by atoms with E-state index in [1.807, 2.05) is 24.3 Å². The van der Waals surface area contributed by atoms with Gasteiger partial charge in [-0.05, 0) is 48.4 Å². The van der Waals surface area contributed by atoms with Crippen LogP contribution in [0.5, 0.6) is 0 Å². The number of nitrogens with one attached hydrogen (secondary N) is 2. The fraction of sp³-hybridized carbons (Fsp3) is 0.316. The lowest BCUT2D eigenvalue weighted by Gasteiger charge is -2.15. The van der Waals surface area contributed by atoms with Crippen LogP contribution in [0.2, 0.25) is 0 Å². The van der Waals surface area contributed by atoms with E-state index >= 15 is 0 Å². The predicted molar refractivity (Wildman–Crippen MR) is 110 cm³/mol. The number of sulfonamides is 1. The molecule has 0 saturated carbocycles. The summed E-state index contributed by atoms with van der Waals surface area (Å²) < 4.78 is 25.6. The maximum atomic E-state index is 12.2. The van der Waals surface area contributed by atoms with Crippen molar-refractivity contribution in [2.45, 2.75) is 30.7 Å². The number of hydrogen-bond donors (Lipinski definition) is 3. The highest BCUT2D eigenvalue weighted by Gasteiger charge is 2.14. The second kappa shape index (κ2) is 9.85. The van der Waals surface area contributed by atoms with Gasteiger partial charge in [-0.2, -0.15) is 0 Å². The Hall–Kier alpha value is -1.93. The van der Waals surface area contributed by atoms with E-state index in [0.717, 1.165) is 5.56 Å². The van der Waals surface area contributed by atoms with E-state index in [9.17, 15) is 13.2 Å². The van der Waals surface area contributed by atoms with Crippen molar-refractivity contribution in [3.05, 3.63) is 65.2 Å². The lowest BCUT2D eigenvalue weighted by molar-refractivity contribution is 0.0951. The lowest BCUT2D eigenvalue weighted by Crippen LogP contribution is -2.32. The van der Waals surface area contributed by atoms with Gasteiger partial charge < -0.3 is 11.1 Å². The van der Waals surface area contributed by atoms with Crippen molar-refractivity contribution >= 4 is 28.3 Å². The topological polar surface area (TPSA) is 101 Å². The molecule has 27 heavy (non-hydrogen) atoms. The van der Waals surface area contributed by atoms with Gasteiger partial charge in [0.05, 0.1) is 4.90 Å². The van der Waals surface area contributed by atoms with Gasteiger partial charge in [-0.15, -0.1) is 12.4 Å². The molecule has 1 unspecified atom stereocenters. The predicted octanol–water partition coefficient (Wildman–Crippen LogP) is 2.57. The summed E-state index contributed by atoms with van der Waals surface area (Å²) in [6.07, 6.45) is 0. The van der Waals surface area contributed by atoms with Crippen molar-refractivity contribution in [3.63, 3.8) is 0 Å². The highest BCUT2D eigenvalue weighted by molar-refractivity contribution is 7.89. The Labute approximate surface area is 167 Å². The van der Waals surface area contributed by atoms with E-state index in [1.54, 1.807) is 0 Å². The number of carbonyl (C=O) groups is 1. The molecule has 0 spiro atoms. The van der Waals surface area contributed by atoms with Crippen molar-refractivity contribution < 1.29 is 13.2 Å². The minimum atomic E-state index is -3.51. The zero-order valence-electron chi connectivity index (χ0n) is 15.6. The molecule has 4 N–H and O–H groups in total. The van der Waals surface area contributed by atoms with Gasteiger partial charge in [0.1, 0.15) is 0 Å². The maximum absolute atomic E-state index is 12.2. The zero-order valence-corrected chi connectivity index (χ0v) is 17.2. The summed E-state index contributed by atoms with van der Waals surface area (Å²) in [4.78, 5) is 12.3. The van der Waals surface area contributed by atoms with Crippen LogP contribution in [-0.4, -0.2) is 27.9 Å². The van der Waals surface area contributed by atoms with E-state index in [2.05, 4.69) is 23.9 Å². The molecule has 0 heterocycles. The van der Waals surface area contributed by atoms with Crippen LogP contribution in [0.3, 0.4) is 0 Å². The number of hydrogen-bond acceptors (Lipinski definition) is 4. The van der Waals surface area contributed by atoms with E-state index in [-0.39, 0.29) is 35.8 Å². The number of benzene rings is 2. The highest BCUT2D eigenvalue weighted by atomic mass is 35.5. The standard InChI is InChI=1S/C19H25N3O3S.ClH/c1-13(2)14-4-6-15(7-5-14)18(20)12-22-19(23)16-8-10-17(11-9-16)26(24,25)21-3;/h4-11,13,18,21H,12,20H2,1-3H3,(H,22,23);1H. The monoisotopic (exact) mass is 411 g/mol. The molecule has 0 saturated heterocycles. The average molecular weight is 412 g/mol. The summed E-state index contributed by atoms with van der Waals surface area (Å²) in [5.74, 6) is 0.155. The molecule has 0 aromatic heterocycles. The first-order valence-corrected chi connectivity index (χ1v) is 9.90. The Balaban J connectivity index is 0.00000364. The molecule has 6 nitrogen and oxygen atoms in total.